The van der Waals surface area contributed by atoms with Crippen LogP contribution in [0.3, 0.4) is 0 Å². The van der Waals surface area contributed by atoms with Crippen molar-refractivity contribution in [3.8, 4) is 0 Å². The van der Waals surface area contributed by atoms with E-state index in [1.165, 1.54) is 12.7 Å². The van der Waals surface area contributed by atoms with Gasteiger partial charge in [-0.05, 0) is 17.9 Å². The lowest BCUT2D eigenvalue weighted by Crippen LogP contribution is -2.43. The van der Waals surface area contributed by atoms with Gasteiger partial charge in [0.1, 0.15) is 6.04 Å². The van der Waals surface area contributed by atoms with Crippen molar-refractivity contribution in [2.75, 3.05) is 7.11 Å². The molecule has 0 aliphatic heterocycles. The van der Waals surface area contributed by atoms with E-state index in [1.807, 2.05) is 32.0 Å². The molecule has 19 heavy (non-hydrogen) atoms. The van der Waals surface area contributed by atoms with E-state index in [1.54, 1.807) is 0 Å². The second-order valence-electron chi connectivity index (χ2n) is 5.16. The summed E-state index contributed by atoms with van der Waals surface area (Å²) in [7, 11) is 1.44. The highest BCUT2D eigenvalue weighted by Gasteiger charge is 2.26. The second kappa shape index (κ2) is 7.95. The quantitative estimate of drug-likeness (QED) is 0.767. The molecule has 0 radical (unpaired) electrons. The highest BCUT2D eigenvalue weighted by atomic mass is 16.5. The fourth-order valence-electron chi connectivity index (χ4n) is 2.20. The molecular formula is C16H25NO2. The number of ether oxygens (including phenoxy) is 1. The lowest BCUT2D eigenvalue weighted by atomic mass is 9.98. The summed E-state index contributed by atoms with van der Waals surface area (Å²) in [4.78, 5) is 11.8. The molecule has 0 aromatic heterocycles. The Morgan fingerprint density at radius 3 is 2.37 bits per heavy atom. The Morgan fingerprint density at radius 1 is 1.26 bits per heavy atom. The van der Waals surface area contributed by atoms with Crippen molar-refractivity contribution in [2.24, 2.45) is 5.92 Å². The van der Waals surface area contributed by atoms with Gasteiger partial charge < -0.3 is 4.74 Å². The van der Waals surface area contributed by atoms with Gasteiger partial charge in [0.2, 0.25) is 0 Å². The minimum Gasteiger partial charge on any atom is -0.468 e. The molecule has 0 fully saturated rings. The van der Waals surface area contributed by atoms with Gasteiger partial charge in [0, 0.05) is 6.04 Å². The summed E-state index contributed by atoms with van der Waals surface area (Å²) >= 11 is 0. The van der Waals surface area contributed by atoms with Gasteiger partial charge in [-0.3, -0.25) is 10.1 Å². The van der Waals surface area contributed by atoms with E-state index in [0.29, 0.717) is 0 Å². The number of hydrogen-bond acceptors (Lipinski definition) is 3. The zero-order valence-electron chi connectivity index (χ0n) is 12.3. The molecular weight excluding hydrogens is 238 g/mol. The molecule has 0 spiro atoms. The lowest BCUT2D eigenvalue weighted by molar-refractivity contribution is -0.144. The monoisotopic (exact) mass is 263 g/mol. The minimum absolute atomic E-state index is 0.188. The van der Waals surface area contributed by atoms with E-state index in [4.69, 9.17) is 4.74 Å². The largest absolute Gasteiger partial charge is 0.468 e. The van der Waals surface area contributed by atoms with Gasteiger partial charge in [0.25, 0.3) is 0 Å². The predicted octanol–water partition coefficient (Wildman–Crippen LogP) is 3.32. The summed E-state index contributed by atoms with van der Waals surface area (Å²) in [6.45, 7) is 6.21. The van der Waals surface area contributed by atoms with Crippen LogP contribution in [0.15, 0.2) is 30.3 Å². The number of esters is 1. The van der Waals surface area contributed by atoms with Crippen molar-refractivity contribution in [3.63, 3.8) is 0 Å². The molecule has 0 amide bonds. The second-order valence-corrected chi connectivity index (χ2v) is 5.16. The molecule has 0 saturated heterocycles. The van der Waals surface area contributed by atoms with Crippen LogP contribution in [-0.2, 0) is 9.53 Å². The zero-order valence-corrected chi connectivity index (χ0v) is 12.3. The van der Waals surface area contributed by atoms with Crippen molar-refractivity contribution in [1.29, 1.82) is 0 Å². The molecule has 1 unspecified atom stereocenters. The Morgan fingerprint density at radius 2 is 1.89 bits per heavy atom. The number of methoxy groups -OCH3 is 1. The van der Waals surface area contributed by atoms with E-state index in [2.05, 4.69) is 24.4 Å². The fraction of sp³-hybridized carbons (Fsp3) is 0.562. The van der Waals surface area contributed by atoms with E-state index >= 15 is 0 Å². The van der Waals surface area contributed by atoms with Gasteiger partial charge in [0.05, 0.1) is 7.11 Å². The topological polar surface area (TPSA) is 38.3 Å². The van der Waals surface area contributed by atoms with Gasteiger partial charge in [-0.15, -0.1) is 0 Å². The third-order valence-electron chi connectivity index (χ3n) is 3.28. The first-order valence-corrected chi connectivity index (χ1v) is 6.99. The molecule has 0 heterocycles. The van der Waals surface area contributed by atoms with Crippen molar-refractivity contribution in [3.05, 3.63) is 35.9 Å². The van der Waals surface area contributed by atoms with Crippen LogP contribution in [0.25, 0.3) is 0 Å². The van der Waals surface area contributed by atoms with Crippen molar-refractivity contribution >= 4 is 5.97 Å². The first kappa shape index (κ1) is 15.7. The molecule has 3 heteroatoms. The van der Waals surface area contributed by atoms with E-state index < -0.39 is 0 Å². The highest BCUT2D eigenvalue weighted by molar-refractivity contribution is 5.76. The highest BCUT2D eigenvalue weighted by Crippen LogP contribution is 2.20. The fourth-order valence-corrected chi connectivity index (χ4v) is 2.20. The maximum absolute atomic E-state index is 11.8. The van der Waals surface area contributed by atoms with Crippen LogP contribution in [0, 0.1) is 5.92 Å². The first-order valence-electron chi connectivity index (χ1n) is 6.99. The lowest BCUT2D eigenvalue weighted by Gasteiger charge is -2.26. The Kier molecular flexibility index (Phi) is 6.57. The molecule has 106 valence electrons. The molecule has 1 N–H and O–H groups in total. The molecule has 0 bridgehead atoms. The molecule has 1 aromatic rings. The van der Waals surface area contributed by atoms with Crippen LogP contribution in [0.4, 0.5) is 0 Å². The summed E-state index contributed by atoms with van der Waals surface area (Å²) < 4.78 is 4.89. The molecule has 2 atom stereocenters. The van der Waals surface area contributed by atoms with Gasteiger partial charge in [0.15, 0.2) is 0 Å². The Labute approximate surface area is 116 Å². The summed E-state index contributed by atoms with van der Waals surface area (Å²) in [5, 5.41) is 3.45. The van der Waals surface area contributed by atoms with Gasteiger partial charge in [-0.25, -0.2) is 0 Å². The number of carbonyl (C=O) groups excluding carboxylic acids is 1. The van der Waals surface area contributed by atoms with E-state index in [0.717, 1.165) is 12.8 Å². The summed E-state index contributed by atoms with van der Waals surface area (Å²) in [6, 6.07) is 10.2. The summed E-state index contributed by atoms with van der Waals surface area (Å²) in [6.07, 6.45) is 2.07. The van der Waals surface area contributed by atoms with Gasteiger partial charge in [-0.1, -0.05) is 57.5 Å². The normalized spacial score (nSPS) is 14.2. The number of hydrogen-bond donors (Lipinski definition) is 1. The number of carbonyl (C=O) groups is 1. The average molecular weight is 263 g/mol. The van der Waals surface area contributed by atoms with Crippen molar-refractivity contribution in [2.45, 2.75) is 45.7 Å². The Balaban J connectivity index is 2.85. The predicted molar refractivity (Wildman–Crippen MR) is 77.9 cm³/mol. The number of benzene rings is 1. The summed E-state index contributed by atoms with van der Waals surface area (Å²) in [5.74, 6) is 0.0163. The van der Waals surface area contributed by atoms with Crippen LogP contribution in [0.2, 0.25) is 0 Å². The van der Waals surface area contributed by atoms with E-state index in [-0.39, 0.29) is 24.0 Å². The maximum Gasteiger partial charge on any atom is 0.323 e. The van der Waals surface area contributed by atoms with Gasteiger partial charge in [-0.2, -0.15) is 0 Å². The molecule has 1 rings (SSSR count). The molecule has 0 saturated carbocycles. The molecule has 1 aromatic carbocycles. The molecule has 3 nitrogen and oxygen atoms in total. The maximum atomic E-state index is 11.8. The molecule has 0 aliphatic rings. The third kappa shape index (κ3) is 4.67. The zero-order chi connectivity index (χ0) is 14.3. The minimum atomic E-state index is -0.262. The van der Waals surface area contributed by atoms with Crippen molar-refractivity contribution in [1.82, 2.24) is 5.32 Å². The molecule has 0 aliphatic carbocycles. The Bertz CT molecular complexity index is 376. The van der Waals surface area contributed by atoms with Crippen LogP contribution >= 0.6 is 0 Å². The average Bonchev–Trinajstić information content (AvgIpc) is 2.43. The third-order valence-corrected chi connectivity index (χ3v) is 3.28. The van der Waals surface area contributed by atoms with E-state index in [9.17, 15) is 4.79 Å². The number of rotatable bonds is 7. The van der Waals surface area contributed by atoms with Crippen molar-refractivity contribution < 1.29 is 9.53 Å². The van der Waals surface area contributed by atoms with Crippen LogP contribution in [-0.4, -0.2) is 19.1 Å². The summed E-state index contributed by atoms with van der Waals surface area (Å²) in [5.41, 5.74) is 1.22. The standard InChI is InChI=1S/C16H25NO2/c1-5-9-14(13-10-7-6-8-11-13)17-15(12(2)3)16(18)19-4/h6-8,10-12,14-15,17H,5,9H2,1-4H3/t14?,15-/m0/s1. The first-order chi connectivity index (χ1) is 9.10. The smallest absolute Gasteiger partial charge is 0.323 e. The SMILES string of the molecule is CCCC(N[C@H](C(=O)OC)C(C)C)c1ccccc1. The van der Waals surface area contributed by atoms with Gasteiger partial charge >= 0.3 is 5.97 Å². The Hall–Kier alpha value is -1.35. The number of nitrogens with one attached hydrogen (secondary N) is 1. The van der Waals surface area contributed by atoms with Crippen LogP contribution in [0.1, 0.15) is 45.2 Å². The van der Waals surface area contributed by atoms with Crippen LogP contribution < -0.4 is 5.32 Å². The van der Waals surface area contributed by atoms with Crippen LogP contribution in [0.5, 0.6) is 0 Å².